The second-order valence-corrected chi connectivity index (χ2v) is 7.01. The predicted octanol–water partition coefficient (Wildman–Crippen LogP) is 2.25. The van der Waals surface area contributed by atoms with Crippen LogP contribution in [0.4, 0.5) is 16.2 Å². The van der Waals surface area contributed by atoms with E-state index in [4.69, 9.17) is 10.5 Å². The highest BCUT2D eigenvalue weighted by Crippen LogP contribution is 2.34. The van der Waals surface area contributed by atoms with Gasteiger partial charge >= 0.3 is 6.01 Å². The maximum atomic E-state index is 14.8. The van der Waals surface area contributed by atoms with Crippen molar-refractivity contribution >= 4 is 17.7 Å². The van der Waals surface area contributed by atoms with Gasteiger partial charge in [0.25, 0.3) is 0 Å². The molecule has 1 aliphatic heterocycles. The standard InChI is InChI=1S/C21H20FN7O2/c1-3-18(30)27-14-10-29(11-14)19-15(9-25-20(23)28-19)13-4-5-17(16(22)8-13)31-21-24-7-6-12(2)26-21/h3-9,14H,1,10-11H2,2H3,(H,27,30)(H2,23,25,28). The van der Waals surface area contributed by atoms with Crippen molar-refractivity contribution in [3.63, 3.8) is 0 Å². The number of hydrogen-bond acceptors (Lipinski definition) is 8. The van der Waals surface area contributed by atoms with E-state index < -0.39 is 5.82 Å². The highest BCUT2D eigenvalue weighted by Gasteiger charge is 2.31. The van der Waals surface area contributed by atoms with E-state index in [-0.39, 0.29) is 29.7 Å². The molecular formula is C21H20FN7O2. The van der Waals surface area contributed by atoms with Crippen molar-refractivity contribution in [2.24, 2.45) is 0 Å². The van der Waals surface area contributed by atoms with E-state index in [2.05, 4.69) is 31.8 Å². The summed E-state index contributed by atoms with van der Waals surface area (Å²) in [4.78, 5) is 29.9. The molecule has 3 N–H and O–H groups in total. The molecule has 3 heterocycles. The van der Waals surface area contributed by atoms with Gasteiger partial charge in [0.1, 0.15) is 5.82 Å². The molecule has 4 rings (SSSR count). The summed E-state index contributed by atoms with van der Waals surface area (Å²) in [6.45, 7) is 6.31. The van der Waals surface area contributed by atoms with Crippen LogP contribution >= 0.6 is 0 Å². The van der Waals surface area contributed by atoms with Crippen molar-refractivity contribution in [3.05, 3.63) is 60.8 Å². The molecule has 1 fully saturated rings. The number of rotatable bonds is 6. The topological polar surface area (TPSA) is 119 Å². The number of amides is 1. The number of nitrogens with zero attached hydrogens (tertiary/aromatic N) is 5. The first-order valence-corrected chi connectivity index (χ1v) is 9.50. The molecule has 1 aliphatic rings. The molecule has 1 saturated heterocycles. The summed E-state index contributed by atoms with van der Waals surface area (Å²) in [5.41, 5.74) is 7.65. The molecule has 31 heavy (non-hydrogen) atoms. The number of nitrogens with one attached hydrogen (secondary N) is 1. The number of aromatic nitrogens is 4. The fourth-order valence-electron chi connectivity index (χ4n) is 3.16. The molecule has 0 bridgehead atoms. The zero-order chi connectivity index (χ0) is 22.0. The number of anilines is 2. The summed E-state index contributed by atoms with van der Waals surface area (Å²) in [5.74, 6) is -0.142. The van der Waals surface area contributed by atoms with Gasteiger partial charge in [-0.05, 0) is 36.8 Å². The fraction of sp³-hybridized carbons (Fsp3) is 0.190. The molecule has 158 valence electrons. The molecule has 10 heteroatoms. The number of benzene rings is 1. The minimum absolute atomic E-state index is 0.00316. The lowest BCUT2D eigenvalue weighted by Crippen LogP contribution is -2.59. The molecule has 0 saturated carbocycles. The lowest BCUT2D eigenvalue weighted by molar-refractivity contribution is -0.117. The van der Waals surface area contributed by atoms with Crippen LogP contribution in [0.3, 0.4) is 0 Å². The van der Waals surface area contributed by atoms with Gasteiger partial charge in [0.2, 0.25) is 11.9 Å². The van der Waals surface area contributed by atoms with Gasteiger partial charge in [-0.15, -0.1) is 0 Å². The van der Waals surface area contributed by atoms with Crippen LogP contribution in [0.15, 0.2) is 49.3 Å². The third-order valence-electron chi connectivity index (χ3n) is 4.72. The summed E-state index contributed by atoms with van der Waals surface area (Å²) >= 11 is 0. The SMILES string of the molecule is C=CC(=O)NC1CN(c2nc(N)ncc2-c2ccc(Oc3nccc(C)n3)c(F)c2)C1. The van der Waals surface area contributed by atoms with E-state index >= 15 is 0 Å². The first-order chi connectivity index (χ1) is 14.9. The van der Waals surface area contributed by atoms with E-state index in [1.807, 2.05) is 4.90 Å². The van der Waals surface area contributed by atoms with Crippen LogP contribution < -0.4 is 20.7 Å². The van der Waals surface area contributed by atoms with E-state index in [1.54, 1.807) is 31.5 Å². The van der Waals surface area contributed by atoms with Crippen molar-refractivity contribution in [2.75, 3.05) is 23.7 Å². The van der Waals surface area contributed by atoms with Gasteiger partial charge in [0.15, 0.2) is 11.6 Å². The Labute approximate surface area is 177 Å². The number of aryl methyl sites for hydroxylation is 1. The van der Waals surface area contributed by atoms with Crippen LogP contribution in [-0.4, -0.2) is 45.0 Å². The van der Waals surface area contributed by atoms with Crippen LogP contribution in [0.25, 0.3) is 11.1 Å². The van der Waals surface area contributed by atoms with Crippen molar-refractivity contribution in [1.29, 1.82) is 0 Å². The van der Waals surface area contributed by atoms with E-state index in [0.29, 0.717) is 35.7 Å². The van der Waals surface area contributed by atoms with Gasteiger partial charge in [0, 0.05) is 36.7 Å². The monoisotopic (exact) mass is 421 g/mol. The summed E-state index contributed by atoms with van der Waals surface area (Å²) in [6.07, 6.45) is 4.32. The number of hydrogen-bond donors (Lipinski definition) is 2. The predicted molar refractivity (Wildman–Crippen MR) is 113 cm³/mol. The number of nitrogens with two attached hydrogens (primary N) is 1. The molecule has 2 aromatic heterocycles. The molecule has 1 amide bonds. The van der Waals surface area contributed by atoms with Crippen LogP contribution in [0.1, 0.15) is 5.69 Å². The molecular weight excluding hydrogens is 401 g/mol. The molecule has 3 aromatic rings. The third-order valence-corrected chi connectivity index (χ3v) is 4.72. The molecule has 1 aromatic carbocycles. The Kier molecular flexibility index (Phi) is 5.44. The fourth-order valence-corrected chi connectivity index (χ4v) is 3.16. The number of ether oxygens (including phenoxy) is 1. The lowest BCUT2D eigenvalue weighted by Gasteiger charge is -2.41. The molecule has 0 aliphatic carbocycles. The van der Waals surface area contributed by atoms with Crippen molar-refractivity contribution in [3.8, 4) is 22.9 Å². The zero-order valence-electron chi connectivity index (χ0n) is 16.7. The van der Waals surface area contributed by atoms with Crippen molar-refractivity contribution in [2.45, 2.75) is 13.0 Å². The van der Waals surface area contributed by atoms with Crippen LogP contribution in [0, 0.1) is 12.7 Å². The first-order valence-electron chi connectivity index (χ1n) is 9.50. The van der Waals surface area contributed by atoms with Gasteiger partial charge in [0.05, 0.1) is 6.04 Å². The van der Waals surface area contributed by atoms with Crippen molar-refractivity contribution in [1.82, 2.24) is 25.3 Å². The summed E-state index contributed by atoms with van der Waals surface area (Å²) in [7, 11) is 0. The maximum Gasteiger partial charge on any atom is 0.322 e. The van der Waals surface area contributed by atoms with E-state index in [1.165, 1.54) is 18.2 Å². The summed E-state index contributed by atoms with van der Waals surface area (Å²) in [5, 5.41) is 2.82. The third kappa shape index (κ3) is 4.42. The molecule has 0 atom stereocenters. The van der Waals surface area contributed by atoms with Crippen LogP contribution in [0.5, 0.6) is 11.8 Å². The molecule has 0 unspecified atom stereocenters. The Morgan fingerprint density at radius 3 is 2.84 bits per heavy atom. The van der Waals surface area contributed by atoms with Crippen LogP contribution in [-0.2, 0) is 4.79 Å². The average molecular weight is 421 g/mol. The van der Waals surface area contributed by atoms with Gasteiger partial charge < -0.3 is 20.7 Å². The minimum Gasteiger partial charge on any atom is -0.421 e. The molecule has 0 radical (unpaired) electrons. The second kappa shape index (κ2) is 8.34. The highest BCUT2D eigenvalue weighted by atomic mass is 19.1. The van der Waals surface area contributed by atoms with Crippen molar-refractivity contribution < 1.29 is 13.9 Å². The Hall–Kier alpha value is -4.08. The quantitative estimate of drug-likeness (QED) is 0.582. The smallest absolute Gasteiger partial charge is 0.322 e. The second-order valence-electron chi connectivity index (χ2n) is 7.01. The number of nitrogen functional groups attached to an aromatic ring is 1. The highest BCUT2D eigenvalue weighted by molar-refractivity contribution is 5.87. The maximum absolute atomic E-state index is 14.8. The normalized spacial score (nSPS) is 13.4. The Balaban J connectivity index is 1.56. The number of halogens is 1. The van der Waals surface area contributed by atoms with Gasteiger partial charge in [-0.25, -0.2) is 19.3 Å². The summed E-state index contributed by atoms with van der Waals surface area (Å²) < 4.78 is 20.2. The Morgan fingerprint density at radius 1 is 1.32 bits per heavy atom. The van der Waals surface area contributed by atoms with Gasteiger partial charge in [-0.3, -0.25) is 4.79 Å². The average Bonchev–Trinajstić information content (AvgIpc) is 2.71. The number of carbonyl (C=O) groups is 1. The first kappa shape index (κ1) is 20.2. The minimum atomic E-state index is -0.579. The van der Waals surface area contributed by atoms with Gasteiger partial charge in [-0.2, -0.15) is 4.98 Å². The lowest BCUT2D eigenvalue weighted by atomic mass is 10.0. The van der Waals surface area contributed by atoms with E-state index in [9.17, 15) is 9.18 Å². The summed E-state index contributed by atoms with van der Waals surface area (Å²) in [6, 6.07) is 6.29. The Bertz CT molecular complexity index is 1150. The molecule has 9 nitrogen and oxygen atoms in total. The van der Waals surface area contributed by atoms with Crippen LogP contribution in [0.2, 0.25) is 0 Å². The largest absolute Gasteiger partial charge is 0.421 e. The number of carbonyl (C=O) groups excluding carboxylic acids is 1. The van der Waals surface area contributed by atoms with Gasteiger partial charge in [-0.1, -0.05) is 12.6 Å². The zero-order valence-corrected chi connectivity index (χ0v) is 16.7. The van der Waals surface area contributed by atoms with E-state index in [0.717, 1.165) is 0 Å². The molecule has 0 spiro atoms. The Morgan fingerprint density at radius 2 is 2.13 bits per heavy atom.